The summed E-state index contributed by atoms with van der Waals surface area (Å²) in [7, 11) is 0.430. The fourth-order valence-electron chi connectivity index (χ4n) is 3.77. The lowest BCUT2D eigenvalue weighted by Crippen LogP contribution is -2.25. The Hall–Kier alpha value is -3.07. The molecule has 0 amide bonds. The highest BCUT2D eigenvalue weighted by atomic mass is 32.2. The molecule has 2 aliphatic carbocycles. The molecule has 0 heterocycles. The summed E-state index contributed by atoms with van der Waals surface area (Å²) in [4.78, 5) is 13.8. The standard InChI is InChI=1S/C24H29N3O5S/c1-27(2)15-25-33(29,30)21-14-18(24(28)31-3)13-20(23(21)32-19-7-5-4-6-8-19)26-22(16-9-10-16)17-11-12-17/h4-8,13-17,22,26H,9-12H2,1-3H3/b25-15+. The number of para-hydroxylation sites is 1. The van der Waals surface area contributed by atoms with Gasteiger partial charge in [-0.05, 0) is 61.8 Å². The third kappa shape index (κ3) is 5.65. The van der Waals surface area contributed by atoms with E-state index in [2.05, 4.69) is 9.71 Å². The van der Waals surface area contributed by atoms with Crippen molar-refractivity contribution in [2.75, 3.05) is 26.5 Å². The first-order valence-electron chi connectivity index (χ1n) is 11.0. The van der Waals surface area contributed by atoms with Crippen molar-refractivity contribution in [1.29, 1.82) is 0 Å². The van der Waals surface area contributed by atoms with Gasteiger partial charge in [0.1, 0.15) is 17.0 Å². The van der Waals surface area contributed by atoms with Crippen molar-refractivity contribution in [3.05, 3.63) is 48.0 Å². The minimum absolute atomic E-state index is 0.115. The zero-order valence-corrected chi connectivity index (χ0v) is 19.8. The third-order valence-electron chi connectivity index (χ3n) is 5.72. The molecular formula is C24H29N3O5S. The lowest BCUT2D eigenvalue weighted by molar-refractivity contribution is 0.0600. The Bertz CT molecular complexity index is 1130. The highest BCUT2D eigenvalue weighted by Crippen LogP contribution is 2.48. The molecule has 2 aliphatic rings. The van der Waals surface area contributed by atoms with Crippen LogP contribution in [0.3, 0.4) is 0 Å². The molecule has 9 heteroatoms. The van der Waals surface area contributed by atoms with Crippen molar-refractivity contribution in [3.8, 4) is 11.5 Å². The van der Waals surface area contributed by atoms with Crippen LogP contribution in [0, 0.1) is 11.8 Å². The van der Waals surface area contributed by atoms with Gasteiger partial charge in [-0.2, -0.15) is 8.42 Å². The van der Waals surface area contributed by atoms with E-state index in [0.717, 1.165) is 25.7 Å². The van der Waals surface area contributed by atoms with Crippen molar-refractivity contribution in [2.45, 2.75) is 36.6 Å². The highest BCUT2D eigenvalue weighted by Gasteiger charge is 2.42. The number of carbonyl (C=O) groups is 1. The molecule has 0 spiro atoms. The van der Waals surface area contributed by atoms with Crippen LogP contribution >= 0.6 is 0 Å². The van der Waals surface area contributed by atoms with Gasteiger partial charge >= 0.3 is 5.97 Å². The summed E-state index contributed by atoms with van der Waals surface area (Å²) < 4.78 is 41.3. The largest absolute Gasteiger partial charge is 0.465 e. The van der Waals surface area contributed by atoms with E-state index in [4.69, 9.17) is 9.47 Å². The molecule has 4 rings (SSSR count). The van der Waals surface area contributed by atoms with Crippen LogP contribution in [0.25, 0.3) is 0 Å². The van der Waals surface area contributed by atoms with E-state index < -0.39 is 16.0 Å². The van der Waals surface area contributed by atoms with E-state index in [1.54, 1.807) is 44.4 Å². The van der Waals surface area contributed by atoms with Crippen LogP contribution < -0.4 is 10.1 Å². The molecule has 176 valence electrons. The van der Waals surface area contributed by atoms with Gasteiger partial charge in [0.25, 0.3) is 10.0 Å². The fraction of sp³-hybridized carbons (Fsp3) is 0.417. The number of rotatable bonds is 10. The minimum atomic E-state index is -4.18. The van der Waals surface area contributed by atoms with Gasteiger partial charge in [-0.15, -0.1) is 4.40 Å². The molecule has 2 aromatic rings. The van der Waals surface area contributed by atoms with Crippen LogP contribution in [-0.4, -0.2) is 52.9 Å². The van der Waals surface area contributed by atoms with E-state index in [1.807, 2.05) is 6.07 Å². The van der Waals surface area contributed by atoms with Crippen LogP contribution in [-0.2, 0) is 14.8 Å². The van der Waals surface area contributed by atoms with Gasteiger partial charge in [0.2, 0.25) is 0 Å². The van der Waals surface area contributed by atoms with E-state index in [9.17, 15) is 13.2 Å². The second-order valence-electron chi connectivity index (χ2n) is 8.76. The minimum Gasteiger partial charge on any atom is -0.465 e. The summed E-state index contributed by atoms with van der Waals surface area (Å²) >= 11 is 0. The van der Waals surface area contributed by atoms with E-state index in [-0.39, 0.29) is 22.3 Å². The first-order chi connectivity index (χ1) is 15.8. The SMILES string of the molecule is COC(=O)c1cc(NC(C2CC2)C2CC2)c(Oc2ccccc2)c(S(=O)(=O)/N=C/N(C)C)c1. The molecule has 33 heavy (non-hydrogen) atoms. The molecule has 2 fully saturated rings. The number of sulfonamides is 1. The summed E-state index contributed by atoms with van der Waals surface area (Å²) in [6.07, 6.45) is 5.75. The molecule has 2 saturated carbocycles. The number of nitrogens with zero attached hydrogens (tertiary/aromatic N) is 2. The number of benzene rings is 2. The maximum atomic E-state index is 13.3. The van der Waals surface area contributed by atoms with E-state index in [1.165, 1.54) is 24.4 Å². The molecule has 0 aliphatic heterocycles. The van der Waals surface area contributed by atoms with Crippen molar-refractivity contribution in [1.82, 2.24) is 4.90 Å². The predicted molar refractivity (Wildman–Crippen MR) is 127 cm³/mol. The fourth-order valence-corrected chi connectivity index (χ4v) is 4.86. The van der Waals surface area contributed by atoms with Crippen LogP contribution in [0.5, 0.6) is 11.5 Å². The number of ether oxygens (including phenoxy) is 2. The molecular weight excluding hydrogens is 442 g/mol. The summed E-state index contributed by atoms with van der Waals surface area (Å²) in [5.41, 5.74) is 0.563. The second kappa shape index (κ2) is 9.43. The number of methoxy groups -OCH3 is 1. The van der Waals surface area contributed by atoms with Gasteiger partial charge in [0.05, 0.1) is 18.4 Å². The Balaban J connectivity index is 1.86. The van der Waals surface area contributed by atoms with Crippen molar-refractivity contribution in [3.63, 3.8) is 0 Å². The molecule has 0 aromatic heterocycles. The summed E-state index contributed by atoms with van der Waals surface area (Å²) in [5.74, 6) is 1.04. The smallest absolute Gasteiger partial charge is 0.337 e. The number of nitrogens with one attached hydrogen (secondary N) is 1. The Morgan fingerprint density at radius 2 is 1.76 bits per heavy atom. The quantitative estimate of drug-likeness (QED) is 0.316. The topological polar surface area (TPSA) is 97.3 Å². The first-order valence-corrected chi connectivity index (χ1v) is 12.4. The first kappa shape index (κ1) is 23.1. The summed E-state index contributed by atoms with van der Waals surface area (Å²) in [5, 5.41) is 3.53. The van der Waals surface area contributed by atoms with Crippen LogP contribution in [0.1, 0.15) is 36.0 Å². The molecule has 8 nitrogen and oxygen atoms in total. The molecule has 2 aromatic carbocycles. The third-order valence-corrected chi connectivity index (χ3v) is 6.95. The lowest BCUT2D eigenvalue weighted by atomic mass is 10.1. The van der Waals surface area contributed by atoms with E-state index >= 15 is 0 Å². The maximum absolute atomic E-state index is 13.3. The zero-order valence-electron chi connectivity index (χ0n) is 19.0. The normalized spacial score (nSPS) is 16.1. The molecule has 0 radical (unpaired) electrons. The van der Waals surface area contributed by atoms with Crippen LogP contribution in [0.15, 0.2) is 51.8 Å². The summed E-state index contributed by atoms with van der Waals surface area (Å²) in [6, 6.07) is 12.0. The average Bonchev–Trinajstić information content (AvgIpc) is 3.70. The Morgan fingerprint density at radius 3 is 2.30 bits per heavy atom. The molecule has 1 N–H and O–H groups in total. The number of anilines is 1. The number of esters is 1. The average molecular weight is 472 g/mol. The Morgan fingerprint density at radius 1 is 1.12 bits per heavy atom. The van der Waals surface area contributed by atoms with Crippen molar-refractivity contribution < 1.29 is 22.7 Å². The van der Waals surface area contributed by atoms with Gasteiger partial charge in [0, 0.05) is 20.1 Å². The van der Waals surface area contributed by atoms with E-state index in [0.29, 0.717) is 23.3 Å². The van der Waals surface area contributed by atoms with Gasteiger partial charge in [-0.3, -0.25) is 0 Å². The summed E-state index contributed by atoms with van der Waals surface area (Å²) in [6.45, 7) is 0. The Kier molecular flexibility index (Phi) is 6.60. The monoisotopic (exact) mass is 471 g/mol. The molecule has 0 unspecified atom stereocenters. The number of hydrogen-bond acceptors (Lipinski definition) is 6. The second-order valence-corrected chi connectivity index (χ2v) is 10.4. The molecule has 0 bridgehead atoms. The zero-order chi connectivity index (χ0) is 23.6. The highest BCUT2D eigenvalue weighted by molar-refractivity contribution is 7.90. The number of carbonyl (C=O) groups excluding carboxylic acids is 1. The van der Waals surface area contributed by atoms with Crippen molar-refractivity contribution >= 4 is 28.0 Å². The van der Waals surface area contributed by atoms with Crippen molar-refractivity contribution in [2.24, 2.45) is 16.2 Å². The molecule has 0 saturated heterocycles. The predicted octanol–water partition coefficient (Wildman–Crippen LogP) is 4.14. The van der Waals surface area contributed by atoms with Crippen LogP contribution in [0.4, 0.5) is 5.69 Å². The lowest BCUT2D eigenvalue weighted by Gasteiger charge is -2.23. The van der Waals surface area contributed by atoms with Gasteiger partial charge < -0.3 is 19.7 Å². The van der Waals surface area contributed by atoms with Crippen LogP contribution in [0.2, 0.25) is 0 Å². The Labute approximate surface area is 194 Å². The maximum Gasteiger partial charge on any atom is 0.337 e. The van der Waals surface area contributed by atoms with Gasteiger partial charge in [-0.25, -0.2) is 4.79 Å². The number of hydrogen-bond donors (Lipinski definition) is 1. The van der Waals surface area contributed by atoms with Gasteiger partial charge in [-0.1, -0.05) is 18.2 Å². The molecule has 0 atom stereocenters. The van der Waals surface area contributed by atoms with Gasteiger partial charge in [0.15, 0.2) is 5.75 Å².